The molecule has 130 valence electrons. The predicted molar refractivity (Wildman–Crippen MR) is 92.4 cm³/mol. The maximum absolute atomic E-state index is 12.9. The van der Waals surface area contributed by atoms with E-state index in [4.69, 9.17) is 16.7 Å². The monoisotopic (exact) mass is 380 g/mol. The minimum atomic E-state index is -4.00. The van der Waals surface area contributed by atoms with Gasteiger partial charge in [-0.15, -0.1) is 0 Å². The van der Waals surface area contributed by atoms with Gasteiger partial charge >= 0.3 is 5.97 Å². The van der Waals surface area contributed by atoms with Crippen LogP contribution in [0, 0.1) is 0 Å². The van der Waals surface area contributed by atoms with Crippen LogP contribution in [0.15, 0.2) is 53.4 Å². The summed E-state index contributed by atoms with van der Waals surface area (Å²) in [7, 11) is -4.00. The number of para-hydroxylation sites is 2. The van der Waals surface area contributed by atoms with Crippen LogP contribution in [0.25, 0.3) is 0 Å². The smallest absolute Gasteiger partial charge is 0.323 e. The molecule has 0 saturated carbocycles. The molecular weight excluding hydrogens is 368 g/mol. The predicted octanol–water partition coefficient (Wildman–Crippen LogP) is 1.97. The average molecular weight is 381 g/mol. The summed E-state index contributed by atoms with van der Waals surface area (Å²) in [5.74, 6) is -1.80. The Hall–Kier alpha value is -2.58. The topological polar surface area (TPSA) is 95.0 Å². The molecule has 0 saturated heterocycles. The van der Waals surface area contributed by atoms with Crippen molar-refractivity contribution in [3.8, 4) is 0 Å². The quantitative estimate of drug-likeness (QED) is 0.874. The van der Waals surface area contributed by atoms with Crippen molar-refractivity contribution < 1.29 is 23.1 Å². The molecule has 0 radical (unpaired) electrons. The number of anilines is 2. The van der Waals surface area contributed by atoms with Crippen LogP contribution in [-0.2, 0) is 19.6 Å². The SMILES string of the molecule is O=C(O)CN1C(=O)CN(S(=O)(=O)c2ccc(Cl)cc2)c2ccccc21. The molecule has 0 fully saturated rings. The summed E-state index contributed by atoms with van der Waals surface area (Å²) < 4.78 is 26.8. The highest BCUT2D eigenvalue weighted by molar-refractivity contribution is 7.92. The average Bonchev–Trinajstić information content (AvgIpc) is 2.57. The van der Waals surface area contributed by atoms with E-state index in [1.165, 1.54) is 36.4 Å². The van der Waals surface area contributed by atoms with Crippen molar-refractivity contribution in [2.45, 2.75) is 4.90 Å². The highest BCUT2D eigenvalue weighted by Gasteiger charge is 2.36. The van der Waals surface area contributed by atoms with Crippen molar-refractivity contribution >= 4 is 44.9 Å². The second-order valence-corrected chi connectivity index (χ2v) is 7.63. The number of halogens is 1. The number of carboxylic acid groups (broad SMARTS) is 1. The molecule has 0 aromatic heterocycles. The molecule has 1 amide bonds. The van der Waals surface area contributed by atoms with Gasteiger partial charge in [0, 0.05) is 5.02 Å². The van der Waals surface area contributed by atoms with Gasteiger partial charge in [-0.2, -0.15) is 0 Å². The molecular formula is C16H13ClN2O5S. The number of sulfonamides is 1. The Morgan fingerprint density at radius 3 is 2.28 bits per heavy atom. The van der Waals surface area contributed by atoms with Crippen LogP contribution in [0.3, 0.4) is 0 Å². The van der Waals surface area contributed by atoms with Crippen LogP contribution < -0.4 is 9.21 Å². The number of carboxylic acids is 1. The highest BCUT2D eigenvalue weighted by atomic mass is 35.5. The van der Waals surface area contributed by atoms with Crippen LogP contribution in [0.5, 0.6) is 0 Å². The second kappa shape index (κ2) is 6.38. The Balaban J connectivity index is 2.09. The van der Waals surface area contributed by atoms with Crippen molar-refractivity contribution in [3.05, 3.63) is 53.6 Å². The van der Waals surface area contributed by atoms with Crippen LogP contribution in [0.2, 0.25) is 5.02 Å². The van der Waals surface area contributed by atoms with E-state index < -0.39 is 35.0 Å². The molecule has 0 aliphatic carbocycles. The summed E-state index contributed by atoms with van der Waals surface area (Å²) >= 11 is 5.79. The molecule has 9 heteroatoms. The number of hydrogen-bond donors (Lipinski definition) is 1. The minimum absolute atomic E-state index is 0.00816. The number of benzene rings is 2. The first-order valence-corrected chi connectivity index (χ1v) is 9.02. The molecule has 25 heavy (non-hydrogen) atoms. The zero-order valence-corrected chi connectivity index (χ0v) is 14.4. The Labute approximate surface area is 149 Å². The molecule has 0 atom stereocenters. The number of rotatable bonds is 4. The summed E-state index contributed by atoms with van der Waals surface area (Å²) in [5, 5.41) is 9.39. The first kappa shape index (κ1) is 17.2. The van der Waals surface area contributed by atoms with Gasteiger partial charge in [-0.25, -0.2) is 8.42 Å². The maximum atomic E-state index is 12.9. The lowest BCUT2D eigenvalue weighted by molar-refractivity contribution is -0.136. The van der Waals surface area contributed by atoms with Gasteiger partial charge in [-0.05, 0) is 36.4 Å². The molecule has 1 N–H and O–H groups in total. The number of amides is 1. The van der Waals surface area contributed by atoms with E-state index in [-0.39, 0.29) is 16.3 Å². The van der Waals surface area contributed by atoms with Gasteiger partial charge in [-0.3, -0.25) is 18.8 Å². The largest absolute Gasteiger partial charge is 0.480 e. The molecule has 3 rings (SSSR count). The van der Waals surface area contributed by atoms with E-state index in [0.29, 0.717) is 5.02 Å². The third kappa shape index (κ3) is 3.18. The molecule has 0 unspecified atom stereocenters. The third-order valence-corrected chi connectivity index (χ3v) is 5.74. The minimum Gasteiger partial charge on any atom is -0.480 e. The zero-order chi connectivity index (χ0) is 18.2. The maximum Gasteiger partial charge on any atom is 0.323 e. The lowest BCUT2D eigenvalue weighted by atomic mass is 10.2. The summed E-state index contributed by atoms with van der Waals surface area (Å²) in [6.07, 6.45) is 0. The Morgan fingerprint density at radius 1 is 1.08 bits per heavy atom. The van der Waals surface area contributed by atoms with Gasteiger partial charge in [0.15, 0.2) is 0 Å². The molecule has 2 aromatic rings. The Morgan fingerprint density at radius 2 is 1.68 bits per heavy atom. The standard InChI is InChI=1S/C16H13ClN2O5S/c17-11-5-7-12(8-6-11)25(23,24)19-9-15(20)18(10-16(21)22)13-3-1-2-4-14(13)19/h1-8H,9-10H2,(H,21,22). The summed E-state index contributed by atoms with van der Waals surface area (Å²) in [6, 6.07) is 11.9. The lowest BCUT2D eigenvalue weighted by Crippen LogP contribution is -2.49. The molecule has 0 spiro atoms. The molecule has 1 aliphatic rings. The van der Waals surface area contributed by atoms with Crippen molar-refractivity contribution in [1.82, 2.24) is 0 Å². The van der Waals surface area contributed by atoms with Crippen LogP contribution in [-0.4, -0.2) is 38.5 Å². The zero-order valence-electron chi connectivity index (χ0n) is 12.8. The van der Waals surface area contributed by atoms with Gasteiger partial charge in [0.2, 0.25) is 5.91 Å². The summed E-state index contributed by atoms with van der Waals surface area (Å²) in [6.45, 7) is -1.01. The fraction of sp³-hybridized carbons (Fsp3) is 0.125. The van der Waals surface area contributed by atoms with Crippen molar-refractivity contribution in [3.63, 3.8) is 0 Å². The first-order valence-electron chi connectivity index (χ1n) is 7.20. The molecule has 0 bridgehead atoms. The fourth-order valence-corrected chi connectivity index (χ4v) is 4.14. The van der Waals surface area contributed by atoms with Crippen molar-refractivity contribution in [2.75, 3.05) is 22.3 Å². The second-order valence-electron chi connectivity index (χ2n) is 5.33. The number of aliphatic carboxylic acids is 1. The van der Waals surface area contributed by atoms with Crippen LogP contribution >= 0.6 is 11.6 Å². The highest BCUT2D eigenvalue weighted by Crippen LogP contribution is 2.36. The number of fused-ring (bicyclic) bond motifs is 1. The fourth-order valence-electron chi connectivity index (χ4n) is 2.59. The van der Waals surface area contributed by atoms with Gasteiger partial charge in [-0.1, -0.05) is 23.7 Å². The Bertz CT molecular complexity index is 943. The molecule has 2 aromatic carbocycles. The van der Waals surface area contributed by atoms with E-state index in [1.807, 2.05) is 0 Å². The van der Waals surface area contributed by atoms with E-state index in [2.05, 4.69) is 0 Å². The third-order valence-electron chi connectivity index (χ3n) is 3.72. The molecule has 7 nitrogen and oxygen atoms in total. The summed E-state index contributed by atoms with van der Waals surface area (Å²) in [5.41, 5.74) is 0.483. The van der Waals surface area contributed by atoms with Gasteiger partial charge in [0.1, 0.15) is 13.1 Å². The normalized spacial score (nSPS) is 14.4. The van der Waals surface area contributed by atoms with E-state index in [1.54, 1.807) is 12.1 Å². The number of carbonyl (C=O) groups is 2. The lowest BCUT2D eigenvalue weighted by Gasteiger charge is -2.35. The van der Waals surface area contributed by atoms with Gasteiger partial charge in [0.05, 0.1) is 16.3 Å². The Kier molecular flexibility index (Phi) is 4.40. The molecule has 1 aliphatic heterocycles. The van der Waals surface area contributed by atoms with Crippen molar-refractivity contribution in [1.29, 1.82) is 0 Å². The number of nitrogens with zero attached hydrogens (tertiary/aromatic N) is 2. The van der Waals surface area contributed by atoms with Crippen LogP contribution in [0.4, 0.5) is 11.4 Å². The van der Waals surface area contributed by atoms with Crippen LogP contribution in [0.1, 0.15) is 0 Å². The van der Waals surface area contributed by atoms with E-state index in [9.17, 15) is 18.0 Å². The molecule has 1 heterocycles. The van der Waals surface area contributed by atoms with E-state index in [0.717, 1.165) is 9.21 Å². The van der Waals surface area contributed by atoms with Crippen molar-refractivity contribution in [2.24, 2.45) is 0 Å². The van der Waals surface area contributed by atoms with E-state index >= 15 is 0 Å². The number of hydrogen-bond acceptors (Lipinski definition) is 4. The van der Waals surface area contributed by atoms with Gasteiger partial charge < -0.3 is 5.11 Å². The first-order chi connectivity index (χ1) is 11.8. The van der Waals surface area contributed by atoms with Gasteiger partial charge in [0.25, 0.3) is 10.0 Å². The summed E-state index contributed by atoms with van der Waals surface area (Å²) in [4.78, 5) is 24.4. The number of carbonyl (C=O) groups excluding carboxylic acids is 1.